The van der Waals surface area contributed by atoms with Crippen LogP contribution in [0.15, 0.2) is 30.3 Å². The summed E-state index contributed by atoms with van der Waals surface area (Å²) in [6, 6.07) is 8.61. The number of rotatable bonds is 5. The van der Waals surface area contributed by atoms with Crippen LogP contribution in [0.1, 0.15) is 78.2 Å². The Hall–Kier alpha value is -3.52. The fraction of sp³-hybridized carbons (Fsp3) is 0.429. The summed E-state index contributed by atoms with van der Waals surface area (Å²) in [7, 11) is 1.57. The number of ketones is 1. The van der Waals surface area contributed by atoms with Gasteiger partial charge in [-0.1, -0.05) is 6.07 Å². The molecule has 0 bridgehead atoms. The third-order valence-corrected chi connectivity index (χ3v) is 7.44. The van der Waals surface area contributed by atoms with Crippen LogP contribution in [0.4, 0.5) is 0 Å². The summed E-state index contributed by atoms with van der Waals surface area (Å²) < 4.78 is 11.4. The number of hydrogen-bond donors (Lipinski definition) is 0. The Balaban J connectivity index is 1.28. The van der Waals surface area contributed by atoms with E-state index in [9.17, 15) is 19.2 Å². The molecule has 0 aliphatic carbocycles. The summed E-state index contributed by atoms with van der Waals surface area (Å²) in [6.07, 6.45) is 1.96. The van der Waals surface area contributed by atoms with Gasteiger partial charge in [0.25, 0.3) is 17.7 Å². The Kier molecular flexibility index (Phi) is 6.16. The number of ether oxygens (including phenoxy) is 2. The summed E-state index contributed by atoms with van der Waals surface area (Å²) >= 11 is 0. The van der Waals surface area contributed by atoms with Crippen molar-refractivity contribution in [3.63, 3.8) is 0 Å². The van der Waals surface area contributed by atoms with E-state index in [-0.39, 0.29) is 35.6 Å². The molecule has 1 saturated heterocycles. The highest BCUT2D eigenvalue weighted by molar-refractivity contribution is 6.22. The molecule has 3 aliphatic rings. The highest BCUT2D eigenvalue weighted by atomic mass is 16.5. The number of piperidine rings is 1. The lowest BCUT2D eigenvalue weighted by atomic mass is 9.81. The zero-order valence-corrected chi connectivity index (χ0v) is 20.9. The molecule has 3 amide bonds. The van der Waals surface area contributed by atoms with Crippen molar-refractivity contribution in [2.75, 3.05) is 33.4 Å². The number of methoxy groups -OCH3 is 1. The quantitative estimate of drug-likeness (QED) is 0.470. The van der Waals surface area contributed by atoms with E-state index in [0.29, 0.717) is 67.8 Å². The highest BCUT2D eigenvalue weighted by Gasteiger charge is 2.44. The molecule has 0 unspecified atom stereocenters. The predicted octanol–water partition coefficient (Wildman–Crippen LogP) is 3.58. The maximum Gasteiger partial charge on any atom is 0.261 e. The van der Waals surface area contributed by atoms with Gasteiger partial charge < -0.3 is 14.4 Å². The monoisotopic (exact) mass is 490 g/mol. The van der Waals surface area contributed by atoms with E-state index in [2.05, 4.69) is 0 Å². The van der Waals surface area contributed by atoms with Gasteiger partial charge in [-0.25, -0.2) is 0 Å². The minimum absolute atomic E-state index is 0.0883. The van der Waals surface area contributed by atoms with Crippen molar-refractivity contribution in [2.45, 2.75) is 45.1 Å². The average Bonchev–Trinajstić information content (AvgIpc) is 3.07. The fourth-order valence-electron chi connectivity index (χ4n) is 5.59. The molecule has 8 heteroatoms. The van der Waals surface area contributed by atoms with Gasteiger partial charge in [0.1, 0.15) is 11.4 Å². The number of amides is 3. The third-order valence-electron chi connectivity index (χ3n) is 7.44. The van der Waals surface area contributed by atoms with Crippen molar-refractivity contribution in [1.82, 2.24) is 9.80 Å². The number of nitrogens with zero attached hydrogens (tertiary/aromatic N) is 2. The van der Waals surface area contributed by atoms with E-state index in [1.807, 2.05) is 26.0 Å². The van der Waals surface area contributed by atoms with Crippen LogP contribution in [0.25, 0.3) is 0 Å². The number of likely N-dealkylation sites (tertiary alicyclic amines) is 1. The molecule has 36 heavy (non-hydrogen) atoms. The number of aryl methyl sites for hydroxylation is 2. The van der Waals surface area contributed by atoms with Crippen LogP contribution in [-0.2, 0) is 4.74 Å². The molecule has 0 aromatic heterocycles. The first-order valence-electron chi connectivity index (χ1n) is 12.3. The zero-order valence-electron chi connectivity index (χ0n) is 20.9. The van der Waals surface area contributed by atoms with Crippen LogP contribution in [0.2, 0.25) is 0 Å². The van der Waals surface area contributed by atoms with E-state index in [1.165, 1.54) is 11.0 Å². The molecule has 1 fully saturated rings. The minimum atomic E-state index is -0.607. The van der Waals surface area contributed by atoms with Crippen molar-refractivity contribution in [3.8, 4) is 5.75 Å². The molecule has 0 atom stereocenters. The van der Waals surface area contributed by atoms with E-state index in [4.69, 9.17) is 9.47 Å². The van der Waals surface area contributed by atoms with Crippen LogP contribution in [0, 0.1) is 13.8 Å². The zero-order chi connectivity index (χ0) is 25.6. The lowest BCUT2D eigenvalue weighted by Gasteiger charge is -2.44. The minimum Gasteiger partial charge on any atom is -0.486 e. The fourth-order valence-corrected chi connectivity index (χ4v) is 5.59. The van der Waals surface area contributed by atoms with Gasteiger partial charge in [-0.15, -0.1) is 0 Å². The summed E-state index contributed by atoms with van der Waals surface area (Å²) in [5, 5.41) is 0. The van der Waals surface area contributed by atoms with Gasteiger partial charge in [0.05, 0.1) is 23.1 Å². The lowest BCUT2D eigenvalue weighted by Crippen LogP contribution is -2.52. The van der Waals surface area contributed by atoms with Crippen molar-refractivity contribution in [1.29, 1.82) is 0 Å². The molecule has 2 aromatic carbocycles. The number of hydrogen-bond acceptors (Lipinski definition) is 6. The topological polar surface area (TPSA) is 93.2 Å². The smallest absolute Gasteiger partial charge is 0.261 e. The second kappa shape index (κ2) is 9.17. The molecule has 0 saturated carbocycles. The van der Waals surface area contributed by atoms with Crippen LogP contribution in [-0.4, -0.2) is 72.3 Å². The summed E-state index contributed by atoms with van der Waals surface area (Å²) in [4.78, 5) is 54.7. The number of benzene rings is 2. The molecule has 0 N–H and O–H groups in total. The van der Waals surface area contributed by atoms with E-state index in [1.54, 1.807) is 24.1 Å². The average molecular weight is 491 g/mol. The second-order valence-electron chi connectivity index (χ2n) is 10.0. The molecular formula is C28H30N2O6. The van der Waals surface area contributed by atoms with Crippen molar-refractivity contribution >= 4 is 23.5 Å². The Morgan fingerprint density at radius 3 is 2.47 bits per heavy atom. The number of Topliss-reactive ketones (excluding diaryl/α,β-unsaturated/α-hetero) is 1. The molecule has 8 nitrogen and oxygen atoms in total. The van der Waals surface area contributed by atoms with Crippen LogP contribution in [0.5, 0.6) is 5.75 Å². The third kappa shape index (κ3) is 4.09. The van der Waals surface area contributed by atoms with Gasteiger partial charge in [0.2, 0.25) is 0 Å². The number of carbonyl (C=O) groups excluding carboxylic acids is 4. The molecule has 3 aliphatic heterocycles. The second-order valence-corrected chi connectivity index (χ2v) is 10.0. The molecule has 188 valence electrons. The van der Waals surface area contributed by atoms with Crippen molar-refractivity contribution < 1.29 is 28.7 Å². The first kappa shape index (κ1) is 24.2. The summed E-state index contributed by atoms with van der Waals surface area (Å²) in [6.45, 7) is 5.53. The largest absolute Gasteiger partial charge is 0.486 e. The molecule has 1 spiro atoms. The van der Waals surface area contributed by atoms with Crippen LogP contribution >= 0.6 is 0 Å². The van der Waals surface area contributed by atoms with Gasteiger partial charge in [0, 0.05) is 51.8 Å². The van der Waals surface area contributed by atoms with E-state index >= 15 is 0 Å². The molecule has 2 aromatic rings. The van der Waals surface area contributed by atoms with Crippen LogP contribution in [0.3, 0.4) is 0 Å². The molecule has 5 rings (SSSR count). The Labute approximate surface area is 210 Å². The number of imide groups is 1. The number of fused-ring (bicyclic) bond motifs is 2. The lowest BCUT2D eigenvalue weighted by molar-refractivity contribution is -0.00583. The summed E-state index contributed by atoms with van der Waals surface area (Å²) in [5.41, 5.74) is 3.00. The van der Waals surface area contributed by atoms with Gasteiger partial charge in [-0.2, -0.15) is 0 Å². The van der Waals surface area contributed by atoms with E-state index < -0.39 is 5.60 Å². The molecule has 0 radical (unpaired) electrons. The predicted molar refractivity (Wildman–Crippen MR) is 132 cm³/mol. The van der Waals surface area contributed by atoms with E-state index in [0.717, 1.165) is 11.1 Å². The van der Waals surface area contributed by atoms with Gasteiger partial charge in [-0.3, -0.25) is 24.1 Å². The maximum atomic E-state index is 13.3. The Bertz CT molecular complexity index is 1280. The van der Waals surface area contributed by atoms with Crippen molar-refractivity contribution in [2.24, 2.45) is 0 Å². The molecular weight excluding hydrogens is 460 g/mol. The standard InChI is InChI=1S/C28H30N2O6/c1-17-13-18(2)24-22(31)16-28(36-23(24)14-17)7-10-29(11-8-28)25(32)19-5-6-20-21(15-19)27(34)30(26(20)33)9-4-12-35-3/h5-6,13-15H,4,7-12,16H2,1-3H3. The maximum absolute atomic E-state index is 13.3. The van der Waals surface area contributed by atoms with Crippen molar-refractivity contribution in [3.05, 3.63) is 63.7 Å². The highest BCUT2D eigenvalue weighted by Crippen LogP contribution is 2.41. The van der Waals surface area contributed by atoms with Gasteiger partial charge in [0.15, 0.2) is 5.78 Å². The Morgan fingerprint density at radius 1 is 1.03 bits per heavy atom. The first-order valence-corrected chi connectivity index (χ1v) is 12.3. The van der Waals surface area contributed by atoms with Gasteiger partial charge in [-0.05, 0) is 55.7 Å². The Morgan fingerprint density at radius 2 is 1.75 bits per heavy atom. The normalized spacial score (nSPS) is 18.4. The molecule has 3 heterocycles. The summed E-state index contributed by atoms with van der Waals surface area (Å²) in [5.74, 6) is -0.183. The van der Waals surface area contributed by atoms with Crippen LogP contribution < -0.4 is 4.74 Å². The SMILES string of the molecule is COCCCN1C(=O)c2ccc(C(=O)N3CCC4(CC3)CC(=O)c3c(C)cc(C)cc3O4)cc2C1=O. The number of carbonyl (C=O) groups is 4. The van der Waals surface area contributed by atoms with Gasteiger partial charge >= 0.3 is 0 Å². The first-order chi connectivity index (χ1) is 17.2.